The van der Waals surface area contributed by atoms with E-state index in [-0.39, 0.29) is 11.9 Å². The number of rotatable bonds is 5. The fourth-order valence-electron chi connectivity index (χ4n) is 3.35. The van der Waals surface area contributed by atoms with Crippen LogP contribution in [0.25, 0.3) is 11.5 Å². The van der Waals surface area contributed by atoms with Crippen molar-refractivity contribution in [1.82, 2.24) is 20.0 Å². The Morgan fingerprint density at radius 1 is 1.25 bits per heavy atom. The van der Waals surface area contributed by atoms with Gasteiger partial charge in [0.05, 0.1) is 19.3 Å². The Morgan fingerprint density at radius 2 is 2.04 bits per heavy atom. The van der Waals surface area contributed by atoms with Crippen molar-refractivity contribution in [1.29, 1.82) is 0 Å². The fourth-order valence-corrected chi connectivity index (χ4v) is 3.35. The maximum atomic E-state index is 14.0. The summed E-state index contributed by atoms with van der Waals surface area (Å²) < 4.78 is 24.5. The standard InChI is InChI=1S/C18H21FN6O3/c19-18(2-3-18)16(26)24-5-7-25(8-6-24)17-22-15(28-23-17)12-1-4-20-14(9-12)21-13-10-27-11-13/h1,4,9,13H,2-3,5-8,10-11H2,(H,20,21). The maximum absolute atomic E-state index is 14.0. The second kappa shape index (κ2) is 6.69. The molecular weight excluding hydrogens is 367 g/mol. The molecule has 2 aromatic heterocycles. The first-order valence-corrected chi connectivity index (χ1v) is 9.48. The molecule has 0 unspecified atom stereocenters. The minimum Gasteiger partial charge on any atom is -0.377 e. The van der Waals surface area contributed by atoms with Crippen molar-refractivity contribution in [3.63, 3.8) is 0 Å². The summed E-state index contributed by atoms with van der Waals surface area (Å²) in [5.74, 6) is 1.24. The summed E-state index contributed by atoms with van der Waals surface area (Å²) in [7, 11) is 0. The zero-order chi connectivity index (χ0) is 19.1. The Bertz CT molecular complexity index is 874. The number of pyridine rings is 1. The number of carbonyl (C=O) groups excluding carboxylic acids is 1. The molecule has 0 radical (unpaired) electrons. The van der Waals surface area contributed by atoms with E-state index in [9.17, 15) is 9.18 Å². The highest BCUT2D eigenvalue weighted by Gasteiger charge is 2.53. The SMILES string of the molecule is O=C(N1CCN(c2noc(-c3ccnc(NC4COC4)c3)n2)CC1)C1(F)CC1. The molecule has 5 rings (SSSR count). The number of amides is 1. The second-order valence-corrected chi connectivity index (χ2v) is 7.45. The molecule has 0 spiro atoms. The van der Waals surface area contributed by atoms with Gasteiger partial charge in [0.1, 0.15) is 5.82 Å². The smallest absolute Gasteiger partial charge is 0.266 e. The van der Waals surface area contributed by atoms with E-state index in [1.165, 1.54) is 0 Å². The van der Waals surface area contributed by atoms with Crippen LogP contribution in [0.3, 0.4) is 0 Å². The van der Waals surface area contributed by atoms with Crippen LogP contribution in [-0.4, -0.2) is 77.0 Å². The van der Waals surface area contributed by atoms with Crippen LogP contribution in [0.5, 0.6) is 0 Å². The van der Waals surface area contributed by atoms with Gasteiger partial charge >= 0.3 is 0 Å². The number of alkyl halides is 1. The third-order valence-corrected chi connectivity index (χ3v) is 5.33. The second-order valence-electron chi connectivity index (χ2n) is 7.45. The lowest BCUT2D eigenvalue weighted by Crippen LogP contribution is -2.51. The summed E-state index contributed by atoms with van der Waals surface area (Å²) in [6.45, 7) is 3.36. The molecule has 28 heavy (non-hydrogen) atoms. The number of aromatic nitrogens is 3. The molecule has 10 heteroatoms. The van der Waals surface area contributed by atoms with E-state index in [2.05, 4.69) is 20.4 Å². The number of carbonyl (C=O) groups is 1. The third-order valence-electron chi connectivity index (χ3n) is 5.33. The number of hydrogen-bond acceptors (Lipinski definition) is 8. The van der Waals surface area contributed by atoms with Gasteiger partial charge in [-0.25, -0.2) is 9.37 Å². The number of nitrogens with one attached hydrogen (secondary N) is 1. The van der Waals surface area contributed by atoms with Crippen molar-refractivity contribution in [2.24, 2.45) is 0 Å². The first kappa shape index (κ1) is 17.4. The third kappa shape index (κ3) is 3.28. The van der Waals surface area contributed by atoms with Gasteiger partial charge in [-0.3, -0.25) is 4.79 Å². The predicted octanol–water partition coefficient (Wildman–Crippen LogP) is 1.09. The van der Waals surface area contributed by atoms with Gasteiger partial charge < -0.3 is 24.4 Å². The van der Waals surface area contributed by atoms with Gasteiger partial charge in [0.25, 0.3) is 17.7 Å². The topological polar surface area (TPSA) is 96.6 Å². The molecule has 0 atom stereocenters. The molecule has 1 amide bonds. The zero-order valence-corrected chi connectivity index (χ0v) is 15.3. The van der Waals surface area contributed by atoms with Gasteiger partial charge in [-0.05, 0) is 30.1 Å². The Morgan fingerprint density at radius 3 is 2.71 bits per heavy atom. The van der Waals surface area contributed by atoms with Gasteiger partial charge in [0.2, 0.25) is 0 Å². The van der Waals surface area contributed by atoms with Crippen LogP contribution < -0.4 is 10.2 Å². The quantitative estimate of drug-likeness (QED) is 0.813. The predicted molar refractivity (Wildman–Crippen MR) is 97.6 cm³/mol. The van der Waals surface area contributed by atoms with E-state index in [4.69, 9.17) is 9.26 Å². The summed E-state index contributed by atoms with van der Waals surface area (Å²) in [5, 5.41) is 7.35. The largest absolute Gasteiger partial charge is 0.377 e. The molecule has 3 aliphatic rings. The molecule has 148 valence electrons. The Kier molecular flexibility index (Phi) is 4.15. The lowest BCUT2D eigenvalue weighted by molar-refractivity contribution is -0.138. The van der Waals surface area contributed by atoms with Crippen LogP contribution in [0.2, 0.25) is 0 Å². The minimum absolute atomic E-state index is 0.277. The number of piperazine rings is 1. The zero-order valence-electron chi connectivity index (χ0n) is 15.3. The van der Waals surface area contributed by atoms with E-state index in [0.29, 0.717) is 64.1 Å². The molecule has 2 aromatic rings. The van der Waals surface area contributed by atoms with Crippen LogP contribution in [0.15, 0.2) is 22.9 Å². The van der Waals surface area contributed by atoms with Crippen molar-refractivity contribution in [2.45, 2.75) is 24.6 Å². The van der Waals surface area contributed by atoms with E-state index in [1.54, 1.807) is 11.1 Å². The monoisotopic (exact) mass is 388 g/mol. The van der Waals surface area contributed by atoms with Crippen molar-refractivity contribution in [3.8, 4) is 11.5 Å². The Balaban J connectivity index is 1.23. The van der Waals surface area contributed by atoms with Gasteiger partial charge in [-0.1, -0.05) is 0 Å². The maximum Gasteiger partial charge on any atom is 0.266 e. The number of nitrogens with zero attached hydrogens (tertiary/aromatic N) is 5. The fraction of sp³-hybridized carbons (Fsp3) is 0.556. The molecule has 2 aliphatic heterocycles. The average Bonchev–Trinajstić information content (AvgIpc) is 3.26. The van der Waals surface area contributed by atoms with Crippen LogP contribution in [0.4, 0.5) is 16.2 Å². The molecular formula is C18H21FN6O3. The van der Waals surface area contributed by atoms with Crippen molar-refractivity contribution < 1.29 is 18.4 Å². The first-order valence-electron chi connectivity index (χ1n) is 9.48. The first-order chi connectivity index (χ1) is 13.6. The molecule has 1 saturated carbocycles. The van der Waals surface area contributed by atoms with Gasteiger partial charge in [0.15, 0.2) is 5.67 Å². The number of anilines is 2. The van der Waals surface area contributed by atoms with E-state index < -0.39 is 5.67 Å². The van der Waals surface area contributed by atoms with Crippen LogP contribution in [-0.2, 0) is 9.53 Å². The Labute approximate surface area is 160 Å². The van der Waals surface area contributed by atoms with E-state index >= 15 is 0 Å². The van der Waals surface area contributed by atoms with Crippen LogP contribution in [0, 0.1) is 0 Å². The lowest BCUT2D eigenvalue weighted by atomic mass is 10.2. The van der Waals surface area contributed by atoms with Crippen molar-refractivity contribution in [2.75, 3.05) is 49.6 Å². The summed E-state index contributed by atoms with van der Waals surface area (Å²) >= 11 is 0. The highest BCUT2D eigenvalue weighted by Crippen LogP contribution is 2.41. The van der Waals surface area contributed by atoms with Crippen molar-refractivity contribution in [3.05, 3.63) is 18.3 Å². The summed E-state index contributed by atoms with van der Waals surface area (Å²) in [4.78, 5) is 24.4. The number of hydrogen-bond donors (Lipinski definition) is 1. The molecule has 1 N–H and O–H groups in total. The molecule has 2 saturated heterocycles. The number of ether oxygens (including phenoxy) is 1. The van der Waals surface area contributed by atoms with Crippen molar-refractivity contribution >= 4 is 17.7 Å². The van der Waals surface area contributed by atoms with E-state index in [1.807, 2.05) is 17.0 Å². The molecule has 1 aliphatic carbocycles. The molecule has 0 bridgehead atoms. The summed E-state index contributed by atoms with van der Waals surface area (Å²) in [6, 6.07) is 3.95. The molecule has 9 nitrogen and oxygen atoms in total. The molecule has 0 aromatic carbocycles. The van der Waals surface area contributed by atoms with Gasteiger partial charge in [-0.15, -0.1) is 0 Å². The Hall–Kier alpha value is -2.75. The van der Waals surface area contributed by atoms with Crippen LogP contribution in [0.1, 0.15) is 12.8 Å². The highest BCUT2D eigenvalue weighted by molar-refractivity contribution is 5.88. The van der Waals surface area contributed by atoms with Crippen LogP contribution >= 0.6 is 0 Å². The highest BCUT2D eigenvalue weighted by atomic mass is 19.1. The average molecular weight is 388 g/mol. The number of halogens is 1. The minimum atomic E-state index is -1.61. The summed E-state index contributed by atoms with van der Waals surface area (Å²) in [5.41, 5.74) is -0.835. The van der Waals surface area contributed by atoms with E-state index in [0.717, 1.165) is 11.4 Å². The lowest BCUT2D eigenvalue weighted by Gasteiger charge is -2.34. The van der Waals surface area contributed by atoms with Gasteiger partial charge in [0, 0.05) is 37.9 Å². The molecule has 3 fully saturated rings. The molecule has 4 heterocycles. The summed E-state index contributed by atoms with van der Waals surface area (Å²) in [6.07, 6.45) is 2.38. The normalized spacial score (nSPS) is 21.3. The van der Waals surface area contributed by atoms with Gasteiger partial charge in [-0.2, -0.15) is 4.98 Å².